The van der Waals surface area contributed by atoms with Crippen LogP contribution in [0.1, 0.15) is 21.9 Å². The largest absolute Gasteiger partial charge is 0.477 e. The number of carboxylic acid groups (broad SMARTS) is 1. The molecule has 0 aliphatic heterocycles. The molecule has 6 heteroatoms. The second-order valence-corrected chi connectivity index (χ2v) is 4.20. The number of rotatable bonds is 3. The number of aryl methyl sites for hydroxylation is 1. The Bertz CT molecular complexity index is 610. The molecule has 0 bridgehead atoms. The molecule has 1 aromatic heterocycles. The SMILES string of the molecule is Cc1ncc(C(=O)O)n1Cc1cccc(Cl)c1F. The molecule has 1 N–H and O–H groups in total. The van der Waals surface area contributed by atoms with Crippen LogP contribution < -0.4 is 0 Å². The van der Waals surface area contributed by atoms with Crippen molar-refractivity contribution in [3.63, 3.8) is 0 Å². The van der Waals surface area contributed by atoms with Crippen LogP contribution in [-0.2, 0) is 6.54 Å². The molecule has 94 valence electrons. The smallest absolute Gasteiger partial charge is 0.354 e. The quantitative estimate of drug-likeness (QED) is 0.931. The summed E-state index contributed by atoms with van der Waals surface area (Å²) < 4.78 is 15.2. The number of aromatic carboxylic acids is 1. The molecule has 0 atom stereocenters. The highest BCUT2D eigenvalue weighted by atomic mass is 35.5. The van der Waals surface area contributed by atoms with Gasteiger partial charge in [-0.2, -0.15) is 0 Å². The van der Waals surface area contributed by atoms with Gasteiger partial charge in [-0.3, -0.25) is 0 Å². The minimum absolute atomic E-state index is 0.0159. The summed E-state index contributed by atoms with van der Waals surface area (Å²) in [4.78, 5) is 14.9. The van der Waals surface area contributed by atoms with E-state index in [4.69, 9.17) is 16.7 Å². The van der Waals surface area contributed by atoms with Crippen molar-refractivity contribution in [1.29, 1.82) is 0 Å². The van der Waals surface area contributed by atoms with E-state index < -0.39 is 11.8 Å². The molecule has 1 aromatic carbocycles. The van der Waals surface area contributed by atoms with Gasteiger partial charge in [-0.1, -0.05) is 23.7 Å². The van der Waals surface area contributed by atoms with Crippen LogP contribution in [0.5, 0.6) is 0 Å². The van der Waals surface area contributed by atoms with Gasteiger partial charge in [0.05, 0.1) is 17.8 Å². The van der Waals surface area contributed by atoms with E-state index in [0.717, 1.165) is 0 Å². The van der Waals surface area contributed by atoms with E-state index in [1.165, 1.54) is 16.8 Å². The molecule has 2 aromatic rings. The second-order valence-electron chi connectivity index (χ2n) is 3.79. The standard InChI is InChI=1S/C12H10ClFN2O2/c1-7-15-5-10(12(17)18)16(7)6-8-3-2-4-9(13)11(8)14/h2-5H,6H2,1H3,(H,17,18). The van der Waals surface area contributed by atoms with Gasteiger partial charge in [0.2, 0.25) is 0 Å². The van der Waals surface area contributed by atoms with E-state index in [9.17, 15) is 9.18 Å². The van der Waals surface area contributed by atoms with Crippen molar-refractivity contribution in [2.75, 3.05) is 0 Å². The molecule has 0 fully saturated rings. The van der Waals surface area contributed by atoms with E-state index in [0.29, 0.717) is 11.4 Å². The van der Waals surface area contributed by atoms with Crippen LogP contribution in [0.3, 0.4) is 0 Å². The minimum atomic E-state index is -1.10. The van der Waals surface area contributed by atoms with E-state index in [2.05, 4.69) is 4.98 Å². The van der Waals surface area contributed by atoms with Gasteiger partial charge in [0, 0.05) is 5.56 Å². The fourth-order valence-electron chi connectivity index (χ4n) is 1.68. The Kier molecular flexibility index (Phi) is 3.34. The highest BCUT2D eigenvalue weighted by Gasteiger charge is 2.15. The molecule has 0 saturated carbocycles. The number of benzene rings is 1. The number of aromatic nitrogens is 2. The molecule has 0 spiro atoms. The van der Waals surface area contributed by atoms with Gasteiger partial charge in [-0.05, 0) is 13.0 Å². The Morgan fingerprint density at radius 3 is 2.94 bits per heavy atom. The third-order valence-corrected chi connectivity index (χ3v) is 2.93. The number of carbonyl (C=O) groups is 1. The van der Waals surface area contributed by atoms with Crippen molar-refractivity contribution in [3.05, 3.63) is 52.3 Å². The molecule has 0 radical (unpaired) electrons. The number of halogens is 2. The lowest BCUT2D eigenvalue weighted by atomic mass is 10.2. The first-order valence-electron chi connectivity index (χ1n) is 5.19. The van der Waals surface area contributed by atoms with Crippen molar-refractivity contribution in [3.8, 4) is 0 Å². The molecule has 0 aliphatic rings. The molecule has 4 nitrogen and oxygen atoms in total. The Balaban J connectivity index is 2.43. The molecule has 18 heavy (non-hydrogen) atoms. The molecule has 2 rings (SSSR count). The Labute approximate surface area is 108 Å². The molecule has 0 amide bonds. The summed E-state index contributed by atoms with van der Waals surface area (Å²) in [6.45, 7) is 1.74. The lowest BCUT2D eigenvalue weighted by molar-refractivity contribution is 0.0685. The number of nitrogens with zero attached hydrogens (tertiary/aromatic N) is 2. The molecule has 1 heterocycles. The highest BCUT2D eigenvalue weighted by molar-refractivity contribution is 6.30. The number of hydrogen-bond donors (Lipinski definition) is 1. The summed E-state index contributed by atoms with van der Waals surface area (Å²) >= 11 is 5.68. The van der Waals surface area contributed by atoms with Crippen LogP contribution in [0.15, 0.2) is 24.4 Å². The van der Waals surface area contributed by atoms with Crippen LogP contribution in [0.25, 0.3) is 0 Å². The second kappa shape index (κ2) is 4.78. The van der Waals surface area contributed by atoms with Crippen LogP contribution in [-0.4, -0.2) is 20.6 Å². The maximum atomic E-state index is 13.7. The fourth-order valence-corrected chi connectivity index (χ4v) is 1.87. The average molecular weight is 269 g/mol. The van der Waals surface area contributed by atoms with Crippen molar-refractivity contribution in [2.24, 2.45) is 0 Å². The Hall–Kier alpha value is -1.88. The lowest BCUT2D eigenvalue weighted by Gasteiger charge is -2.09. The maximum Gasteiger partial charge on any atom is 0.354 e. The number of carboxylic acids is 1. The zero-order valence-electron chi connectivity index (χ0n) is 9.52. The Morgan fingerprint density at radius 1 is 1.56 bits per heavy atom. The van der Waals surface area contributed by atoms with Gasteiger partial charge in [0.1, 0.15) is 17.3 Å². The van der Waals surface area contributed by atoms with Crippen molar-refractivity contribution >= 4 is 17.6 Å². The summed E-state index contributed by atoms with van der Waals surface area (Å²) in [7, 11) is 0. The van der Waals surface area contributed by atoms with Gasteiger partial charge in [-0.15, -0.1) is 0 Å². The molecule has 0 saturated heterocycles. The summed E-state index contributed by atoms with van der Waals surface area (Å²) in [5.74, 6) is -1.13. The summed E-state index contributed by atoms with van der Waals surface area (Å²) in [5.41, 5.74) is 0.345. The predicted octanol–water partition coefficient (Wildman–Crippen LogP) is 2.73. The van der Waals surface area contributed by atoms with Crippen LogP contribution in [0.2, 0.25) is 5.02 Å². The number of imidazole rings is 1. The van der Waals surface area contributed by atoms with Gasteiger partial charge >= 0.3 is 5.97 Å². The first-order valence-corrected chi connectivity index (χ1v) is 5.57. The van der Waals surface area contributed by atoms with E-state index in [-0.39, 0.29) is 17.3 Å². The summed E-state index contributed by atoms with van der Waals surface area (Å²) in [6.07, 6.45) is 1.25. The van der Waals surface area contributed by atoms with Crippen LogP contribution in [0, 0.1) is 12.7 Å². The third-order valence-electron chi connectivity index (χ3n) is 2.63. The molecular formula is C12H10ClFN2O2. The summed E-state index contributed by atoms with van der Waals surface area (Å²) in [6, 6.07) is 4.62. The van der Waals surface area contributed by atoms with Crippen LogP contribution in [0.4, 0.5) is 4.39 Å². The van der Waals surface area contributed by atoms with Gasteiger partial charge in [-0.25, -0.2) is 14.2 Å². The van der Waals surface area contributed by atoms with Crippen molar-refractivity contribution < 1.29 is 14.3 Å². The van der Waals surface area contributed by atoms with Crippen molar-refractivity contribution in [2.45, 2.75) is 13.5 Å². The zero-order chi connectivity index (χ0) is 13.3. The maximum absolute atomic E-state index is 13.7. The van der Waals surface area contributed by atoms with E-state index in [1.807, 2.05) is 0 Å². The zero-order valence-corrected chi connectivity index (χ0v) is 10.3. The van der Waals surface area contributed by atoms with Gasteiger partial charge < -0.3 is 9.67 Å². The highest BCUT2D eigenvalue weighted by Crippen LogP contribution is 2.20. The topological polar surface area (TPSA) is 55.1 Å². The monoisotopic (exact) mass is 268 g/mol. The van der Waals surface area contributed by atoms with E-state index in [1.54, 1.807) is 19.1 Å². The van der Waals surface area contributed by atoms with Crippen LogP contribution >= 0.6 is 11.6 Å². The predicted molar refractivity (Wildman–Crippen MR) is 64.4 cm³/mol. The first kappa shape index (κ1) is 12.6. The lowest BCUT2D eigenvalue weighted by Crippen LogP contribution is -2.11. The molecule has 0 aliphatic carbocycles. The first-order chi connectivity index (χ1) is 8.50. The summed E-state index contributed by atoms with van der Waals surface area (Å²) in [5, 5.41) is 9.02. The number of hydrogen-bond acceptors (Lipinski definition) is 2. The molecule has 0 unspecified atom stereocenters. The normalized spacial score (nSPS) is 10.6. The Morgan fingerprint density at radius 2 is 2.28 bits per heavy atom. The van der Waals surface area contributed by atoms with Crippen molar-refractivity contribution in [1.82, 2.24) is 9.55 Å². The van der Waals surface area contributed by atoms with Gasteiger partial charge in [0.25, 0.3) is 0 Å². The fraction of sp³-hybridized carbons (Fsp3) is 0.167. The third kappa shape index (κ3) is 2.22. The minimum Gasteiger partial charge on any atom is -0.477 e. The molecular weight excluding hydrogens is 259 g/mol. The van der Waals surface area contributed by atoms with E-state index >= 15 is 0 Å². The average Bonchev–Trinajstić information content (AvgIpc) is 2.67. The van der Waals surface area contributed by atoms with Gasteiger partial charge in [0.15, 0.2) is 0 Å².